The molecule has 136 valence electrons. The third-order valence-electron chi connectivity index (χ3n) is 4.98. The molecule has 2 amide bonds. The van der Waals surface area contributed by atoms with Crippen LogP contribution in [0.15, 0.2) is 42.5 Å². The van der Waals surface area contributed by atoms with Gasteiger partial charge in [-0.2, -0.15) is 0 Å². The van der Waals surface area contributed by atoms with Crippen LogP contribution < -0.4 is 5.32 Å². The summed E-state index contributed by atoms with van der Waals surface area (Å²) in [6, 6.07) is 14.2. The number of carbonyl (C=O) groups is 2. The summed E-state index contributed by atoms with van der Waals surface area (Å²) in [5.74, 6) is 0.239. The lowest BCUT2D eigenvalue weighted by atomic mass is 10.0. The Morgan fingerprint density at radius 3 is 2.54 bits per heavy atom. The van der Waals surface area contributed by atoms with Crippen molar-refractivity contribution >= 4 is 11.8 Å². The van der Waals surface area contributed by atoms with Gasteiger partial charge < -0.3 is 10.2 Å². The zero-order valence-electron chi connectivity index (χ0n) is 15.5. The average molecular weight is 350 g/mol. The Bertz CT molecular complexity index is 814. The Morgan fingerprint density at radius 2 is 1.85 bits per heavy atom. The van der Waals surface area contributed by atoms with E-state index in [2.05, 4.69) is 18.3 Å². The van der Waals surface area contributed by atoms with Crippen molar-refractivity contribution in [3.8, 4) is 0 Å². The van der Waals surface area contributed by atoms with E-state index in [-0.39, 0.29) is 11.8 Å². The molecule has 26 heavy (non-hydrogen) atoms. The van der Waals surface area contributed by atoms with E-state index in [0.717, 1.165) is 35.2 Å². The molecular weight excluding hydrogens is 324 g/mol. The van der Waals surface area contributed by atoms with Gasteiger partial charge in [-0.3, -0.25) is 9.59 Å². The molecule has 0 bridgehead atoms. The lowest BCUT2D eigenvalue weighted by Crippen LogP contribution is -2.27. The van der Waals surface area contributed by atoms with Gasteiger partial charge in [0.2, 0.25) is 11.8 Å². The van der Waals surface area contributed by atoms with Gasteiger partial charge in [-0.15, -0.1) is 0 Å². The van der Waals surface area contributed by atoms with E-state index in [1.54, 1.807) is 0 Å². The number of hydrogen-bond acceptors (Lipinski definition) is 2. The van der Waals surface area contributed by atoms with Gasteiger partial charge in [0.15, 0.2) is 0 Å². The van der Waals surface area contributed by atoms with Gasteiger partial charge in [-0.25, -0.2) is 0 Å². The topological polar surface area (TPSA) is 49.4 Å². The molecule has 0 aromatic heterocycles. The van der Waals surface area contributed by atoms with Crippen molar-refractivity contribution in [2.45, 2.75) is 46.2 Å². The summed E-state index contributed by atoms with van der Waals surface area (Å²) in [6.45, 7) is 6.03. The van der Waals surface area contributed by atoms with Crippen molar-refractivity contribution in [1.82, 2.24) is 10.2 Å². The van der Waals surface area contributed by atoms with Gasteiger partial charge in [0.1, 0.15) is 0 Å². The molecule has 2 aromatic carbocycles. The van der Waals surface area contributed by atoms with Gasteiger partial charge in [0.25, 0.3) is 0 Å². The molecular formula is C22H26N2O2. The Morgan fingerprint density at radius 1 is 1.08 bits per heavy atom. The van der Waals surface area contributed by atoms with Gasteiger partial charge >= 0.3 is 0 Å². The van der Waals surface area contributed by atoms with Crippen LogP contribution in [0.4, 0.5) is 0 Å². The number of nitrogens with zero attached hydrogens (tertiary/aromatic N) is 1. The van der Waals surface area contributed by atoms with Crippen LogP contribution in [-0.4, -0.2) is 23.3 Å². The molecule has 0 spiro atoms. The van der Waals surface area contributed by atoms with Crippen molar-refractivity contribution < 1.29 is 9.59 Å². The Kier molecular flexibility index (Phi) is 5.71. The molecule has 0 aliphatic carbocycles. The molecule has 0 radical (unpaired) electrons. The lowest BCUT2D eigenvalue weighted by molar-refractivity contribution is -0.128. The summed E-state index contributed by atoms with van der Waals surface area (Å²) in [6.07, 6.45) is 1.97. The first-order valence-electron chi connectivity index (χ1n) is 9.20. The molecule has 1 saturated heterocycles. The number of carbonyl (C=O) groups excluding carboxylic acids is 2. The number of rotatable bonds is 6. The van der Waals surface area contributed by atoms with Gasteiger partial charge in [0, 0.05) is 26.1 Å². The van der Waals surface area contributed by atoms with Crippen molar-refractivity contribution in [3.63, 3.8) is 0 Å². The first-order valence-corrected chi connectivity index (χ1v) is 9.20. The summed E-state index contributed by atoms with van der Waals surface area (Å²) in [4.78, 5) is 26.1. The molecule has 1 aliphatic heterocycles. The Balaban J connectivity index is 1.60. The van der Waals surface area contributed by atoms with E-state index in [9.17, 15) is 9.59 Å². The minimum atomic E-state index is 0.0176. The van der Waals surface area contributed by atoms with E-state index < -0.39 is 0 Å². The standard InChI is InChI=1S/C22H26N2O2/c1-16-9-10-18(17(2)12-16)13-21(25)23-14-19-6-3-4-7-20(19)15-24-11-5-8-22(24)26/h3-4,6-7,9-10,12H,5,8,11,13-15H2,1-2H3,(H,23,25). The lowest BCUT2D eigenvalue weighted by Gasteiger charge is -2.18. The third-order valence-corrected chi connectivity index (χ3v) is 4.98. The molecule has 1 N–H and O–H groups in total. The molecule has 0 saturated carbocycles. The van der Waals surface area contributed by atoms with Crippen LogP contribution in [0, 0.1) is 13.8 Å². The van der Waals surface area contributed by atoms with Crippen LogP contribution in [0.25, 0.3) is 0 Å². The van der Waals surface area contributed by atoms with Crippen LogP contribution in [0.5, 0.6) is 0 Å². The average Bonchev–Trinajstić information content (AvgIpc) is 3.01. The summed E-state index contributed by atoms with van der Waals surface area (Å²) in [5.41, 5.74) is 5.59. The second kappa shape index (κ2) is 8.17. The highest BCUT2D eigenvalue weighted by Gasteiger charge is 2.20. The van der Waals surface area contributed by atoms with Gasteiger partial charge in [0.05, 0.1) is 6.42 Å². The van der Waals surface area contributed by atoms with E-state index in [1.807, 2.05) is 48.2 Å². The van der Waals surface area contributed by atoms with Gasteiger partial charge in [-0.05, 0) is 42.5 Å². The van der Waals surface area contributed by atoms with E-state index in [1.165, 1.54) is 5.56 Å². The SMILES string of the molecule is Cc1ccc(CC(=O)NCc2ccccc2CN2CCCC2=O)c(C)c1. The smallest absolute Gasteiger partial charge is 0.224 e. The zero-order chi connectivity index (χ0) is 18.5. The normalized spacial score (nSPS) is 13.9. The van der Waals surface area contributed by atoms with E-state index in [0.29, 0.717) is 25.9 Å². The van der Waals surface area contributed by atoms with Crippen LogP contribution >= 0.6 is 0 Å². The fraction of sp³-hybridized carbons (Fsp3) is 0.364. The number of likely N-dealkylation sites (tertiary alicyclic amines) is 1. The molecule has 3 rings (SSSR count). The fourth-order valence-electron chi connectivity index (χ4n) is 3.43. The quantitative estimate of drug-likeness (QED) is 0.869. The van der Waals surface area contributed by atoms with Gasteiger partial charge in [-0.1, -0.05) is 48.0 Å². The minimum absolute atomic E-state index is 0.0176. The first kappa shape index (κ1) is 18.2. The Hall–Kier alpha value is -2.62. The third kappa shape index (κ3) is 4.51. The van der Waals surface area contributed by atoms with E-state index >= 15 is 0 Å². The molecule has 1 heterocycles. The van der Waals surface area contributed by atoms with Crippen LogP contribution in [0.3, 0.4) is 0 Å². The predicted molar refractivity (Wildman–Crippen MR) is 103 cm³/mol. The molecule has 0 unspecified atom stereocenters. The van der Waals surface area contributed by atoms with Crippen LogP contribution in [0.1, 0.15) is 40.7 Å². The number of aryl methyl sites for hydroxylation is 2. The summed E-state index contributed by atoms with van der Waals surface area (Å²) in [5, 5.41) is 3.02. The van der Waals surface area contributed by atoms with E-state index in [4.69, 9.17) is 0 Å². The Labute approximate surface area is 155 Å². The fourth-order valence-corrected chi connectivity index (χ4v) is 3.43. The highest BCUT2D eigenvalue weighted by Crippen LogP contribution is 2.17. The molecule has 1 fully saturated rings. The largest absolute Gasteiger partial charge is 0.352 e. The number of nitrogens with one attached hydrogen (secondary N) is 1. The maximum absolute atomic E-state index is 12.4. The second-order valence-corrected chi connectivity index (χ2v) is 7.07. The number of hydrogen-bond donors (Lipinski definition) is 1. The molecule has 2 aromatic rings. The molecule has 4 nitrogen and oxygen atoms in total. The molecule has 0 atom stereocenters. The minimum Gasteiger partial charge on any atom is -0.352 e. The maximum atomic E-state index is 12.4. The highest BCUT2D eigenvalue weighted by atomic mass is 16.2. The summed E-state index contributed by atoms with van der Waals surface area (Å²) in [7, 11) is 0. The van der Waals surface area contributed by atoms with Crippen molar-refractivity contribution in [2.24, 2.45) is 0 Å². The number of amides is 2. The molecule has 1 aliphatic rings. The monoisotopic (exact) mass is 350 g/mol. The first-order chi connectivity index (χ1) is 12.5. The zero-order valence-corrected chi connectivity index (χ0v) is 15.5. The van der Waals surface area contributed by atoms with Crippen LogP contribution in [-0.2, 0) is 29.1 Å². The maximum Gasteiger partial charge on any atom is 0.224 e. The van der Waals surface area contributed by atoms with Crippen LogP contribution in [0.2, 0.25) is 0 Å². The molecule has 4 heteroatoms. The second-order valence-electron chi connectivity index (χ2n) is 7.07. The summed E-state index contributed by atoms with van der Waals surface area (Å²) >= 11 is 0. The highest BCUT2D eigenvalue weighted by molar-refractivity contribution is 5.79. The number of benzene rings is 2. The predicted octanol–water partition coefficient (Wildman–Crippen LogP) is 3.28. The van der Waals surface area contributed by atoms with Crippen molar-refractivity contribution in [2.75, 3.05) is 6.54 Å². The van der Waals surface area contributed by atoms with Crippen molar-refractivity contribution in [1.29, 1.82) is 0 Å². The summed E-state index contributed by atoms with van der Waals surface area (Å²) < 4.78 is 0. The van der Waals surface area contributed by atoms with Crippen molar-refractivity contribution in [3.05, 3.63) is 70.3 Å².